The van der Waals surface area contributed by atoms with Crippen LogP contribution in [0.25, 0.3) is 0 Å². The lowest BCUT2D eigenvalue weighted by Crippen LogP contribution is -2.41. The number of aromatic nitrogens is 2. The van der Waals surface area contributed by atoms with Crippen LogP contribution in [0.4, 0.5) is 0 Å². The summed E-state index contributed by atoms with van der Waals surface area (Å²) in [6, 6.07) is 0.560. The van der Waals surface area contributed by atoms with Gasteiger partial charge in [-0.05, 0) is 25.1 Å². The SMILES string of the molecule is S=C(NCCc1ncon1)NC1CCCC1. The number of nitrogens with one attached hydrogen (secondary N) is 2. The summed E-state index contributed by atoms with van der Waals surface area (Å²) in [7, 11) is 0. The van der Waals surface area contributed by atoms with E-state index in [-0.39, 0.29) is 0 Å². The summed E-state index contributed by atoms with van der Waals surface area (Å²) in [5.41, 5.74) is 0. The topological polar surface area (TPSA) is 63.0 Å². The molecule has 1 aromatic heterocycles. The third-order valence-electron chi connectivity index (χ3n) is 2.73. The Hall–Kier alpha value is -1.17. The van der Waals surface area contributed by atoms with Crippen LogP contribution in [0.5, 0.6) is 0 Å². The molecule has 2 rings (SSSR count). The van der Waals surface area contributed by atoms with Crippen molar-refractivity contribution in [2.45, 2.75) is 38.1 Å². The lowest BCUT2D eigenvalue weighted by atomic mass is 10.3. The Bertz CT molecular complexity index is 322. The number of thiocarbonyl (C=S) groups is 1. The molecule has 2 N–H and O–H groups in total. The number of rotatable bonds is 4. The van der Waals surface area contributed by atoms with E-state index in [1.54, 1.807) is 0 Å². The highest BCUT2D eigenvalue weighted by molar-refractivity contribution is 7.80. The summed E-state index contributed by atoms with van der Waals surface area (Å²) in [5.74, 6) is 0.705. The van der Waals surface area contributed by atoms with Gasteiger partial charge in [0, 0.05) is 19.0 Å². The molecule has 1 aromatic rings. The van der Waals surface area contributed by atoms with Gasteiger partial charge >= 0.3 is 0 Å². The maximum absolute atomic E-state index is 5.20. The second-order valence-corrected chi connectivity index (χ2v) is 4.39. The standard InChI is InChI=1S/C10H16N4OS/c16-10(13-8-3-1-2-4-8)11-6-5-9-12-7-15-14-9/h7-8H,1-6H2,(H2,11,13,16). The van der Waals surface area contributed by atoms with Crippen LogP contribution in [-0.2, 0) is 6.42 Å². The van der Waals surface area contributed by atoms with Crippen molar-refractivity contribution in [3.8, 4) is 0 Å². The van der Waals surface area contributed by atoms with Crippen LogP contribution < -0.4 is 10.6 Å². The number of hydrogen-bond acceptors (Lipinski definition) is 4. The molecule has 0 saturated heterocycles. The largest absolute Gasteiger partial charge is 0.362 e. The van der Waals surface area contributed by atoms with Gasteiger partial charge < -0.3 is 15.2 Å². The summed E-state index contributed by atoms with van der Waals surface area (Å²) in [6.45, 7) is 0.734. The van der Waals surface area contributed by atoms with E-state index in [0.29, 0.717) is 11.9 Å². The molecule has 0 radical (unpaired) electrons. The van der Waals surface area contributed by atoms with E-state index in [4.69, 9.17) is 12.2 Å². The molecule has 1 saturated carbocycles. The summed E-state index contributed by atoms with van der Waals surface area (Å²) >= 11 is 5.20. The summed E-state index contributed by atoms with van der Waals surface area (Å²) in [4.78, 5) is 3.93. The predicted octanol–water partition coefficient (Wildman–Crippen LogP) is 1.02. The van der Waals surface area contributed by atoms with Gasteiger partial charge in [-0.2, -0.15) is 4.98 Å². The van der Waals surface area contributed by atoms with E-state index in [2.05, 4.69) is 25.3 Å². The molecule has 6 heteroatoms. The molecule has 1 aliphatic rings. The molecular weight excluding hydrogens is 224 g/mol. The Morgan fingerprint density at radius 3 is 3.00 bits per heavy atom. The van der Waals surface area contributed by atoms with Gasteiger partial charge in [0.25, 0.3) is 0 Å². The Labute approximate surface area is 100.0 Å². The zero-order chi connectivity index (χ0) is 11.2. The van der Waals surface area contributed by atoms with Gasteiger partial charge in [-0.1, -0.05) is 18.0 Å². The van der Waals surface area contributed by atoms with Crippen molar-refractivity contribution >= 4 is 17.3 Å². The van der Waals surface area contributed by atoms with Crippen LogP contribution in [0.1, 0.15) is 31.5 Å². The molecule has 0 aliphatic heterocycles. The van der Waals surface area contributed by atoms with E-state index in [9.17, 15) is 0 Å². The Balaban J connectivity index is 1.60. The Morgan fingerprint density at radius 1 is 1.50 bits per heavy atom. The first kappa shape index (κ1) is 11.3. The molecule has 0 amide bonds. The smallest absolute Gasteiger partial charge is 0.213 e. The fourth-order valence-electron chi connectivity index (χ4n) is 1.90. The molecule has 5 nitrogen and oxygen atoms in total. The minimum atomic E-state index is 0.560. The molecule has 1 heterocycles. The minimum Gasteiger partial charge on any atom is -0.362 e. The van der Waals surface area contributed by atoms with Gasteiger partial charge in [0.2, 0.25) is 6.39 Å². The van der Waals surface area contributed by atoms with Crippen LogP contribution in [-0.4, -0.2) is 27.8 Å². The first-order valence-electron chi connectivity index (χ1n) is 5.64. The average Bonchev–Trinajstić information content (AvgIpc) is 2.90. The molecule has 1 aliphatic carbocycles. The van der Waals surface area contributed by atoms with E-state index < -0.39 is 0 Å². The molecule has 0 aromatic carbocycles. The third kappa shape index (κ3) is 3.44. The summed E-state index contributed by atoms with van der Waals surface area (Å²) < 4.78 is 4.64. The molecule has 0 unspecified atom stereocenters. The molecule has 0 spiro atoms. The molecule has 0 atom stereocenters. The first-order chi connectivity index (χ1) is 7.84. The quantitative estimate of drug-likeness (QED) is 0.766. The van der Waals surface area contributed by atoms with Gasteiger partial charge in [-0.3, -0.25) is 0 Å². The Kier molecular flexibility index (Phi) is 4.10. The average molecular weight is 240 g/mol. The van der Waals surface area contributed by atoms with Crippen molar-refractivity contribution in [1.82, 2.24) is 20.8 Å². The zero-order valence-corrected chi connectivity index (χ0v) is 9.92. The summed E-state index contributed by atoms with van der Waals surface area (Å²) in [5, 5.41) is 10.9. The first-order valence-corrected chi connectivity index (χ1v) is 6.05. The highest BCUT2D eigenvalue weighted by Crippen LogP contribution is 2.17. The van der Waals surface area contributed by atoms with Crippen LogP contribution in [0.2, 0.25) is 0 Å². The number of hydrogen-bond donors (Lipinski definition) is 2. The van der Waals surface area contributed by atoms with Crippen molar-refractivity contribution in [2.24, 2.45) is 0 Å². The summed E-state index contributed by atoms with van der Waals surface area (Å²) in [6.07, 6.45) is 7.14. The molecule has 88 valence electrons. The molecule has 16 heavy (non-hydrogen) atoms. The van der Waals surface area contributed by atoms with Crippen molar-refractivity contribution in [3.63, 3.8) is 0 Å². The van der Waals surface area contributed by atoms with Crippen LogP contribution in [0.15, 0.2) is 10.9 Å². The van der Waals surface area contributed by atoms with Crippen molar-refractivity contribution in [3.05, 3.63) is 12.2 Å². The van der Waals surface area contributed by atoms with Crippen molar-refractivity contribution in [1.29, 1.82) is 0 Å². The fraction of sp³-hybridized carbons (Fsp3) is 0.700. The fourth-order valence-corrected chi connectivity index (χ4v) is 2.17. The second kappa shape index (κ2) is 5.79. The molecular formula is C10H16N4OS. The van der Waals surface area contributed by atoms with E-state index in [1.807, 2.05) is 0 Å². The maximum Gasteiger partial charge on any atom is 0.213 e. The molecule has 1 fully saturated rings. The third-order valence-corrected chi connectivity index (χ3v) is 2.99. The van der Waals surface area contributed by atoms with Gasteiger partial charge in [0.1, 0.15) is 0 Å². The highest BCUT2D eigenvalue weighted by atomic mass is 32.1. The van der Waals surface area contributed by atoms with Crippen LogP contribution in [0.3, 0.4) is 0 Å². The van der Waals surface area contributed by atoms with Gasteiger partial charge in [0.05, 0.1) is 0 Å². The van der Waals surface area contributed by atoms with E-state index in [0.717, 1.165) is 18.1 Å². The van der Waals surface area contributed by atoms with Gasteiger partial charge in [0.15, 0.2) is 10.9 Å². The minimum absolute atomic E-state index is 0.560. The lowest BCUT2D eigenvalue weighted by molar-refractivity contribution is 0.409. The second-order valence-electron chi connectivity index (χ2n) is 3.98. The Morgan fingerprint density at radius 2 is 2.31 bits per heavy atom. The van der Waals surface area contributed by atoms with Crippen molar-refractivity contribution < 1.29 is 4.52 Å². The maximum atomic E-state index is 5.20. The highest BCUT2D eigenvalue weighted by Gasteiger charge is 2.15. The zero-order valence-electron chi connectivity index (χ0n) is 9.11. The van der Waals surface area contributed by atoms with Gasteiger partial charge in [-0.15, -0.1) is 0 Å². The predicted molar refractivity (Wildman–Crippen MR) is 64.0 cm³/mol. The van der Waals surface area contributed by atoms with Crippen molar-refractivity contribution in [2.75, 3.05) is 6.54 Å². The number of nitrogens with zero attached hydrogens (tertiary/aromatic N) is 2. The van der Waals surface area contributed by atoms with E-state index >= 15 is 0 Å². The monoisotopic (exact) mass is 240 g/mol. The molecule has 0 bridgehead atoms. The lowest BCUT2D eigenvalue weighted by Gasteiger charge is -2.15. The van der Waals surface area contributed by atoms with Crippen LogP contribution in [0, 0.1) is 0 Å². The van der Waals surface area contributed by atoms with E-state index in [1.165, 1.54) is 32.1 Å². The van der Waals surface area contributed by atoms with Crippen LogP contribution >= 0.6 is 12.2 Å². The normalized spacial score (nSPS) is 16.2. The van der Waals surface area contributed by atoms with Gasteiger partial charge in [-0.25, -0.2) is 0 Å².